The van der Waals surface area contributed by atoms with E-state index >= 15 is 0 Å². The lowest BCUT2D eigenvalue weighted by Crippen LogP contribution is -2.09. The monoisotopic (exact) mass is 666 g/mol. The molecule has 11 aromatic rings. The van der Waals surface area contributed by atoms with Gasteiger partial charge in [0.2, 0.25) is 0 Å². The zero-order valence-electron chi connectivity index (χ0n) is 28.0. The fourth-order valence-corrected chi connectivity index (χ4v) is 7.98. The van der Waals surface area contributed by atoms with Gasteiger partial charge in [0, 0.05) is 67.2 Å². The molecule has 0 atom stereocenters. The Kier molecular flexibility index (Phi) is 6.22. The number of aromatic nitrogens is 1. The Morgan fingerprint density at radius 1 is 0.327 bits per heavy atom. The molecule has 0 bridgehead atoms. The van der Waals surface area contributed by atoms with Gasteiger partial charge in [-0.15, -0.1) is 0 Å². The smallest absolute Gasteiger partial charge is 0.137 e. The molecule has 8 aromatic carbocycles. The standard InChI is InChI=1S/C48H30N2O2/c1-2-12-33(13-3-1)49(35-22-25-41-39-16-5-8-19-45(39)51-47(41)29-35)34-14-10-11-31(27-34)32-21-24-38-37-15-4-7-18-43(37)50(44(38)28-32)36-23-26-42-40-17-6-9-20-46(40)52-48(42)30-36/h1-30H. The molecule has 3 aromatic heterocycles. The molecule has 0 radical (unpaired) electrons. The number of hydrogen-bond donors (Lipinski definition) is 0. The van der Waals surface area contributed by atoms with E-state index in [9.17, 15) is 0 Å². The van der Waals surface area contributed by atoms with Crippen LogP contribution in [0.5, 0.6) is 0 Å². The molecule has 52 heavy (non-hydrogen) atoms. The molecule has 0 aliphatic rings. The van der Waals surface area contributed by atoms with Crippen LogP contribution in [-0.2, 0) is 0 Å². The first-order valence-electron chi connectivity index (χ1n) is 17.6. The molecular weight excluding hydrogens is 637 g/mol. The van der Waals surface area contributed by atoms with E-state index in [1.165, 1.54) is 10.8 Å². The average molecular weight is 667 g/mol. The van der Waals surface area contributed by atoms with Crippen LogP contribution in [0, 0.1) is 0 Å². The molecule has 0 aliphatic carbocycles. The molecule has 3 heterocycles. The zero-order valence-corrected chi connectivity index (χ0v) is 28.0. The van der Waals surface area contributed by atoms with Gasteiger partial charge in [0.05, 0.1) is 11.0 Å². The van der Waals surface area contributed by atoms with Crippen molar-refractivity contribution in [1.82, 2.24) is 4.57 Å². The van der Waals surface area contributed by atoms with Gasteiger partial charge in [-0.3, -0.25) is 0 Å². The number of anilines is 3. The minimum absolute atomic E-state index is 0.870. The van der Waals surface area contributed by atoms with E-state index < -0.39 is 0 Å². The van der Waals surface area contributed by atoms with E-state index in [1.54, 1.807) is 0 Å². The highest BCUT2D eigenvalue weighted by atomic mass is 16.3. The molecule has 0 aliphatic heterocycles. The van der Waals surface area contributed by atoms with E-state index in [1.807, 2.05) is 24.3 Å². The second kappa shape index (κ2) is 11.2. The van der Waals surface area contributed by atoms with Crippen molar-refractivity contribution in [2.45, 2.75) is 0 Å². The van der Waals surface area contributed by atoms with Gasteiger partial charge >= 0.3 is 0 Å². The number of furan rings is 2. The normalized spacial score (nSPS) is 11.8. The van der Waals surface area contributed by atoms with Crippen molar-refractivity contribution in [3.8, 4) is 16.8 Å². The SMILES string of the molecule is c1ccc(N(c2cccc(-c3ccc4c5ccccc5n(-c5ccc6c(c5)oc5ccccc56)c4c3)c2)c2ccc3c(c2)oc2ccccc23)cc1. The Hall–Kier alpha value is -7.04. The van der Waals surface area contributed by atoms with Gasteiger partial charge in [-0.05, 0) is 83.9 Å². The fraction of sp³-hybridized carbons (Fsp3) is 0. The summed E-state index contributed by atoms with van der Waals surface area (Å²) in [6.07, 6.45) is 0. The lowest BCUT2D eigenvalue weighted by Gasteiger charge is -2.26. The van der Waals surface area contributed by atoms with Gasteiger partial charge in [0.1, 0.15) is 22.3 Å². The lowest BCUT2D eigenvalue weighted by molar-refractivity contribution is 0.668. The maximum atomic E-state index is 6.33. The topological polar surface area (TPSA) is 34.5 Å². The van der Waals surface area contributed by atoms with Crippen molar-refractivity contribution in [3.05, 3.63) is 182 Å². The second-order valence-corrected chi connectivity index (χ2v) is 13.4. The summed E-state index contributed by atoms with van der Waals surface area (Å²) in [5.41, 5.74) is 12.4. The first-order valence-corrected chi connectivity index (χ1v) is 17.6. The molecule has 0 N–H and O–H groups in total. The molecular formula is C48H30N2O2. The molecule has 4 nitrogen and oxygen atoms in total. The molecule has 11 rings (SSSR count). The Balaban J connectivity index is 1.07. The van der Waals surface area contributed by atoms with Crippen LogP contribution in [0.4, 0.5) is 17.1 Å². The van der Waals surface area contributed by atoms with Crippen LogP contribution in [0.3, 0.4) is 0 Å². The third-order valence-electron chi connectivity index (χ3n) is 10.4. The maximum absolute atomic E-state index is 6.33. The predicted molar refractivity (Wildman–Crippen MR) is 215 cm³/mol. The van der Waals surface area contributed by atoms with E-state index in [-0.39, 0.29) is 0 Å². The molecule has 244 valence electrons. The van der Waals surface area contributed by atoms with Crippen molar-refractivity contribution in [1.29, 1.82) is 0 Å². The Morgan fingerprint density at radius 3 is 1.67 bits per heavy atom. The molecule has 0 saturated heterocycles. The van der Waals surface area contributed by atoms with Crippen molar-refractivity contribution < 1.29 is 8.83 Å². The minimum atomic E-state index is 0.870. The molecule has 0 spiro atoms. The van der Waals surface area contributed by atoms with Crippen molar-refractivity contribution >= 4 is 82.7 Å². The van der Waals surface area contributed by atoms with Crippen LogP contribution in [0.2, 0.25) is 0 Å². The van der Waals surface area contributed by atoms with E-state index in [2.05, 4.69) is 167 Å². The number of nitrogens with zero attached hydrogens (tertiary/aromatic N) is 2. The van der Waals surface area contributed by atoms with Crippen LogP contribution >= 0.6 is 0 Å². The number of rotatable bonds is 5. The van der Waals surface area contributed by atoms with Gasteiger partial charge in [-0.2, -0.15) is 0 Å². The fourth-order valence-electron chi connectivity index (χ4n) is 7.98. The highest BCUT2D eigenvalue weighted by Gasteiger charge is 2.18. The van der Waals surface area contributed by atoms with Crippen LogP contribution in [0.1, 0.15) is 0 Å². The predicted octanol–water partition coefficient (Wildman–Crippen LogP) is 13.7. The Morgan fingerprint density at radius 2 is 0.885 bits per heavy atom. The van der Waals surface area contributed by atoms with E-state index in [0.717, 1.165) is 88.8 Å². The van der Waals surface area contributed by atoms with Crippen molar-refractivity contribution in [2.24, 2.45) is 0 Å². The average Bonchev–Trinajstić information content (AvgIpc) is 3.87. The Labute approximate surface area is 299 Å². The van der Waals surface area contributed by atoms with Gasteiger partial charge < -0.3 is 18.3 Å². The minimum Gasteiger partial charge on any atom is -0.456 e. The number of hydrogen-bond acceptors (Lipinski definition) is 3. The summed E-state index contributed by atoms with van der Waals surface area (Å²) in [7, 11) is 0. The number of para-hydroxylation sites is 4. The molecule has 0 amide bonds. The summed E-state index contributed by atoms with van der Waals surface area (Å²) < 4.78 is 15.0. The van der Waals surface area contributed by atoms with Crippen LogP contribution in [0.15, 0.2) is 191 Å². The lowest BCUT2D eigenvalue weighted by atomic mass is 10.0. The van der Waals surface area contributed by atoms with E-state index in [0.29, 0.717) is 0 Å². The maximum Gasteiger partial charge on any atom is 0.137 e. The summed E-state index contributed by atoms with van der Waals surface area (Å²) in [5, 5.41) is 6.94. The van der Waals surface area contributed by atoms with Gasteiger partial charge in [0.15, 0.2) is 0 Å². The molecule has 0 unspecified atom stereocenters. The molecule has 0 saturated carbocycles. The van der Waals surface area contributed by atoms with Gasteiger partial charge in [-0.25, -0.2) is 0 Å². The summed E-state index contributed by atoms with van der Waals surface area (Å²) in [4.78, 5) is 2.30. The summed E-state index contributed by atoms with van der Waals surface area (Å²) in [6, 6.07) is 64.4. The van der Waals surface area contributed by atoms with Gasteiger partial charge in [-0.1, -0.05) is 97.1 Å². The summed E-state index contributed by atoms with van der Waals surface area (Å²) >= 11 is 0. The van der Waals surface area contributed by atoms with Crippen LogP contribution in [-0.4, -0.2) is 4.57 Å². The third-order valence-corrected chi connectivity index (χ3v) is 10.4. The summed E-state index contributed by atoms with van der Waals surface area (Å²) in [5.74, 6) is 0. The first kappa shape index (κ1) is 28.8. The zero-order chi connectivity index (χ0) is 34.2. The van der Waals surface area contributed by atoms with Gasteiger partial charge in [0.25, 0.3) is 0 Å². The van der Waals surface area contributed by atoms with Crippen LogP contribution in [0.25, 0.3) is 82.5 Å². The van der Waals surface area contributed by atoms with Crippen molar-refractivity contribution in [2.75, 3.05) is 4.90 Å². The highest BCUT2D eigenvalue weighted by Crippen LogP contribution is 2.41. The first-order chi connectivity index (χ1) is 25.8. The number of benzene rings is 8. The molecule has 4 heteroatoms. The largest absolute Gasteiger partial charge is 0.456 e. The second-order valence-electron chi connectivity index (χ2n) is 13.4. The van der Waals surface area contributed by atoms with E-state index in [4.69, 9.17) is 8.83 Å². The van der Waals surface area contributed by atoms with Crippen molar-refractivity contribution in [3.63, 3.8) is 0 Å². The quantitative estimate of drug-likeness (QED) is 0.183. The highest BCUT2D eigenvalue weighted by molar-refractivity contribution is 6.11. The van der Waals surface area contributed by atoms with Crippen LogP contribution < -0.4 is 4.90 Å². The third kappa shape index (κ3) is 4.41. The number of fused-ring (bicyclic) bond motifs is 9. The Bertz CT molecular complexity index is 3150. The molecule has 0 fully saturated rings. The summed E-state index contributed by atoms with van der Waals surface area (Å²) in [6.45, 7) is 0.